The fraction of sp³-hybridized carbons (Fsp3) is 0.400. The fourth-order valence-electron chi connectivity index (χ4n) is 1.27. The third-order valence-corrected chi connectivity index (χ3v) is 2.72. The lowest BCUT2D eigenvalue weighted by atomic mass is 9.98. The maximum Gasteiger partial charge on any atom is 0.389 e. The van der Waals surface area contributed by atoms with Crippen LogP contribution in [-0.4, -0.2) is 11.5 Å². The van der Waals surface area contributed by atoms with E-state index in [9.17, 15) is 13.2 Å². The Morgan fingerprint density at radius 1 is 1.14 bits per heavy atom. The van der Waals surface area contributed by atoms with E-state index in [-0.39, 0.29) is 0 Å². The van der Waals surface area contributed by atoms with E-state index in [4.69, 9.17) is 0 Å². The molecule has 78 valence electrons. The van der Waals surface area contributed by atoms with Crippen molar-refractivity contribution in [1.82, 2.24) is 0 Å². The van der Waals surface area contributed by atoms with Gasteiger partial charge in [-0.2, -0.15) is 13.2 Å². The summed E-state index contributed by atoms with van der Waals surface area (Å²) in [6, 6.07) is 8.74. The van der Waals surface area contributed by atoms with E-state index in [1.807, 2.05) is 0 Å². The van der Waals surface area contributed by atoms with Crippen molar-refractivity contribution in [2.45, 2.75) is 18.5 Å². The molecule has 0 aliphatic heterocycles. The maximum absolute atomic E-state index is 12.2. The third-order valence-electron chi connectivity index (χ3n) is 1.94. The molecule has 0 amide bonds. The Bertz CT molecular complexity index is 268. The van der Waals surface area contributed by atoms with Crippen LogP contribution >= 0.6 is 15.9 Å². The van der Waals surface area contributed by atoms with Gasteiger partial charge in [0, 0.05) is 11.2 Å². The second-order valence-corrected chi connectivity index (χ2v) is 3.73. The van der Waals surface area contributed by atoms with Gasteiger partial charge in [0.15, 0.2) is 0 Å². The Labute approximate surface area is 89.3 Å². The summed E-state index contributed by atoms with van der Waals surface area (Å²) in [4.78, 5) is 0. The molecule has 0 aromatic heterocycles. The summed E-state index contributed by atoms with van der Waals surface area (Å²) in [6.45, 7) is 0. The lowest BCUT2D eigenvalue weighted by Crippen LogP contribution is -2.14. The first-order valence-corrected chi connectivity index (χ1v) is 5.33. The molecular weight excluding hydrogens is 257 g/mol. The molecule has 1 aromatic carbocycles. The molecule has 0 aliphatic rings. The van der Waals surface area contributed by atoms with Crippen LogP contribution in [0.15, 0.2) is 30.3 Å². The predicted octanol–water partition coefficient (Wildman–Crippen LogP) is 4.12. The quantitative estimate of drug-likeness (QED) is 0.723. The summed E-state index contributed by atoms with van der Waals surface area (Å²) in [5.41, 5.74) is 0.724. The highest BCUT2D eigenvalue weighted by Gasteiger charge is 2.31. The van der Waals surface area contributed by atoms with Crippen molar-refractivity contribution < 1.29 is 13.2 Å². The molecule has 1 aromatic rings. The van der Waals surface area contributed by atoms with Crippen LogP contribution < -0.4 is 0 Å². The molecule has 0 N–H and O–H groups in total. The zero-order valence-electron chi connectivity index (χ0n) is 7.39. The van der Waals surface area contributed by atoms with Gasteiger partial charge in [-0.1, -0.05) is 46.3 Å². The van der Waals surface area contributed by atoms with Crippen molar-refractivity contribution in [3.8, 4) is 0 Å². The van der Waals surface area contributed by atoms with Crippen molar-refractivity contribution in [3.63, 3.8) is 0 Å². The van der Waals surface area contributed by atoms with Crippen LogP contribution in [0.1, 0.15) is 17.9 Å². The number of rotatable bonds is 3. The first kappa shape index (κ1) is 11.6. The minimum Gasteiger partial charge on any atom is -0.171 e. The van der Waals surface area contributed by atoms with E-state index in [0.29, 0.717) is 5.33 Å². The van der Waals surface area contributed by atoms with Gasteiger partial charge in [0.05, 0.1) is 6.42 Å². The van der Waals surface area contributed by atoms with Crippen LogP contribution in [0.5, 0.6) is 0 Å². The summed E-state index contributed by atoms with van der Waals surface area (Å²) in [5.74, 6) is -0.490. The number of hydrogen-bond donors (Lipinski definition) is 0. The minimum atomic E-state index is -4.10. The number of benzene rings is 1. The van der Waals surface area contributed by atoms with Gasteiger partial charge in [-0.15, -0.1) is 0 Å². The molecule has 1 unspecified atom stereocenters. The topological polar surface area (TPSA) is 0 Å². The van der Waals surface area contributed by atoms with Crippen LogP contribution in [0, 0.1) is 0 Å². The molecular formula is C10H10BrF3. The first-order valence-electron chi connectivity index (χ1n) is 4.20. The summed E-state index contributed by atoms with van der Waals surface area (Å²) in [7, 11) is 0. The van der Waals surface area contributed by atoms with Crippen molar-refractivity contribution in [1.29, 1.82) is 0 Å². The van der Waals surface area contributed by atoms with Crippen LogP contribution in [0.25, 0.3) is 0 Å². The van der Waals surface area contributed by atoms with Crippen molar-refractivity contribution >= 4 is 15.9 Å². The van der Waals surface area contributed by atoms with Gasteiger partial charge < -0.3 is 0 Å². The SMILES string of the molecule is FC(F)(F)CC(CBr)c1ccccc1. The Morgan fingerprint density at radius 2 is 1.71 bits per heavy atom. The molecule has 0 fully saturated rings. The molecule has 0 nitrogen and oxygen atoms in total. The molecule has 4 heteroatoms. The summed E-state index contributed by atoms with van der Waals surface area (Å²) in [6.07, 6.45) is -4.88. The molecule has 0 aliphatic carbocycles. The molecule has 0 bridgehead atoms. The normalized spacial score (nSPS) is 14.0. The molecule has 0 heterocycles. The minimum absolute atomic E-state index is 0.330. The van der Waals surface area contributed by atoms with Crippen LogP contribution in [0.4, 0.5) is 13.2 Å². The Hall–Kier alpha value is -0.510. The van der Waals surface area contributed by atoms with Gasteiger partial charge in [0.25, 0.3) is 0 Å². The zero-order valence-corrected chi connectivity index (χ0v) is 8.98. The van der Waals surface area contributed by atoms with E-state index >= 15 is 0 Å². The van der Waals surface area contributed by atoms with Crippen LogP contribution in [0.2, 0.25) is 0 Å². The highest BCUT2D eigenvalue weighted by atomic mass is 79.9. The van der Waals surface area contributed by atoms with E-state index in [1.165, 1.54) is 0 Å². The maximum atomic E-state index is 12.2. The third kappa shape index (κ3) is 3.70. The van der Waals surface area contributed by atoms with E-state index in [2.05, 4.69) is 15.9 Å². The standard InChI is InChI=1S/C10H10BrF3/c11-7-9(6-10(12,13)14)8-4-2-1-3-5-8/h1-5,9H,6-7H2. The molecule has 0 saturated carbocycles. The van der Waals surface area contributed by atoms with Crippen LogP contribution in [0.3, 0.4) is 0 Å². The van der Waals surface area contributed by atoms with E-state index < -0.39 is 18.5 Å². The molecule has 0 spiro atoms. The van der Waals surface area contributed by atoms with Gasteiger partial charge in [0.2, 0.25) is 0 Å². The lowest BCUT2D eigenvalue weighted by Gasteiger charge is -2.16. The van der Waals surface area contributed by atoms with Gasteiger partial charge >= 0.3 is 6.18 Å². The van der Waals surface area contributed by atoms with Gasteiger partial charge in [-0.05, 0) is 5.56 Å². The van der Waals surface area contributed by atoms with Crippen molar-refractivity contribution in [2.24, 2.45) is 0 Å². The molecule has 1 rings (SSSR count). The largest absolute Gasteiger partial charge is 0.389 e. The van der Waals surface area contributed by atoms with Gasteiger partial charge in [0.1, 0.15) is 0 Å². The molecule has 0 saturated heterocycles. The fourth-order valence-corrected chi connectivity index (χ4v) is 1.87. The second-order valence-electron chi connectivity index (χ2n) is 3.08. The lowest BCUT2D eigenvalue weighted by molar-refractivity contribution is -0.137. The van der Waals surface area contributed by atoms with E-state index in [1.54, 1.807) is 30.3 Å². The van der Waals surface area contributed by atoms with Crippen LogP contribution in [-0.2, 0) is 0 Å². The summed E-state index contributed by atoms with van der Waals surface area (Å²) < 4.78 is 36.5. The average Bonchev–Trinajstić information content (AvgIpc) is 2.14. The van der Waals surface area contributed by atoms with Crippen molar-refractivity contribution in [3.05, 3.63) is 35.9 Å². The van der Waals surface area contributed by atoms with Crippen molar-refractivity contribution in [2.75, 3.05) is 5.33 Å². The number of hydrogen-bond acceptors (Lipinski definition) is 0. The number of alkyl halides is 4. The molecule has 14 heavy (non-hydrogen) atoms. The van der Waals surface area contributed by atoms with Gasteiger partial charge in [-0.3, -0.25) is 0 Å². The Kier molecular flexibility index (Phi) is 3.98. The van der Waals surface area contributed by atoms with E-state index in [0.717, 1.165) is 5.56 Å². The predicted molar refractivity (Wildman–Crippen MR) is 53.6 cm³/mol. The Balaban J connectivity index is 2.73. The first-order chi connectivity index (χ1) is 6.53. The highest BCUT2D eigenvalue weighted by Crippen LogP contribution is 2.32. The smallest absolute Gasteiger partial charge is 0.171 e. The average molecular weight is 267 g/mol. The zero-order chi connectivity index (χ0) is 10.6. The number of halogens is 4. The monoisotopic (exact) mass is 266 g/mol. The Morgan fingerprint density at radius 3 is 2.14 bits per heavy atom. The molecule has 0 radical (unpaired) electrons. The van der Waals surface area contributed by atoms with Gasteiger partial charge in [-0.25, -0.2) is 0 Å². The summed E-state index contributed by atoms with van der Waals surface area (Å²) >= 11 is 3.11. The highest BCUT2D eigenvalue weighted by molar-refractivity contribution is 9.09. The second kappa shape index (κ2) is 4.82. The summed E-state index contributed by atoms with van der Waals surface area (Å²) in [5, 5.41) is 0.330. The molecule has 1 atom stereocenters.